The highest BCUT2D eigenvalue weighted by Crippen LogP contribution is 2.10. The molecule has 0 spiro atoms. The van der Waals surface area contributed by atoms with E-state index in [9.17, 15) is 9.18 Å². The Bertz CT molecular complexity index is 349. The van der Waals surface area contributed by atoms with Gasteiger partial charge in [0, 0.05) is 6.42 Å². The Morgan fingerprint density at radius 2 is 2.20 bits per heavy atom. The first-order chi connectivity index (χ1) is 7.13. The Hall–Kier alpha value is -1.22. The molecule has 3 heteroatoms. The average molecular weight is 209 g/mol. The molecule has 0 bridgehead atoms. The number of nitrogens with one attached hydrogen (secondary N) is 1. The van der Waals surface area contributed by atoms with Crippen LogP contribution in [0.5, 0.6) is 0 Å². The van der Waals surface area contributed by atoms with Crippen LogP contribution < -0.4 is 5.32 Å². The third-order valence-electron chi connectivity index (χ3n) is 2.26. The fourth-order valence-electron chi connectivity index (χ4n) is 1.40. The Labute approximate surface area is 89.5 Å². The number of hydrogen-bond donors (Lipinski definition) is 1. The molecule has 15 heavy (non-hydrogen) atoms. The second-order valence-corrected chi connectivity index (χ2v) is 3.57. The zero-order valence-corrected chi connectivity index (χ0v) is 9.14. The molecule has 0 saturated carbocycles. The quantitative estimate of drug-likeness (QED) is 0.802. The lowest BCUT2D eigenvalue weighted by atomic mass is 10.0. The zero-order valence-electron chi connectivity index (χ0n) is 9.14. The van der Waals surface area contributed by atoms with Crippen molar-refractivity contribution >= 4 is 5.78 Å². The van der Waals surface area contributed by atoms with Gasteiger partial charge < -0.3 is 5.32 Å². The van der Waals surface area contributed by atoms with E-state index < -0.39 is 0 Å². The topological polar surface area (TPSA) is 29.1 Å². The Morgan fingerprint density at radius 1 is 1.47 bits per heavy atom. The summed E-state index contributed by atoms with van der Waals surface area (Å²) in [6.45, 7) is 4.94. The fraction of sp³-hybridized carbons (Fsp3) is 0.417. The van der Waals surface area contributed by atoms with Gasteiger partial charge in [-0.25, -0.2) is 4.39 Å². The van der Waals surface area contributed by atoms with Gasteiger partial charge in [0.05, 0.1) is 6.54 Å². The number of benzene rings is 1. The van der Waals surface area contributed by atoms with E-state index in [4.69, 9.17) is 0 Å². The van der Waals surface area contributed by atoms with Gasteiger partial charge in [-0.1, -0.05) is 13.0 Å². The number of carbonyl (C=O) groups is 1. The van der Waals surface area contributed by atoms with Crippen molar-refractivity contribution in [3.8, 4) is 0 Å². The first kappa shape index (κ1) is 11.9. The van der Waals surface area contributed by atoms with Crippen LogP contribution in [-0.4, -0.2) is 18.9 Å². The van der Waals surface area contributed by atoms with Gasteiger partial charge in [0.1, 0.15) is 5.82 Å². The summed E-state index contributed by atoms with van der Waals surface area (Å²) in [5.74, 6) is -0.123. The maximum absolute atomic E-state index is 12.8. The highest BCUT2D eigenvalue weighted by molar-refractivity contribution is 5.83. The monoisotopic (exact) mass is 209 g/mol. The molecule has 1 aromatic rings. The summed E-state index contributed by atoms with van der Waals surface area (Å²) in [5.41, 5.74) is 1.74. The van der Waals surface area contributed by atoms with E-state index in [-0.39, 0.29) is 11.6 Å². The minimum absolute atomic E-state index is 0.131. The molecule has 0 unspecified atom stereocenters. The molecule has 0 heterocycles. The lowest BCUT2D eigenvalue weighted by Gasteiger charge is -2.05. The molecule has 0 amide bonds. The summed E-state index contributed by atoms with van der Waals surface area (Å²) >= 11 is 0. The number of carbonyl (C=O) groups excluding carboxylic acids is 1. The normalized spacial score (nSPS) is 10.3. The number of halogens is 1. The third kappa shape index (κ3) is 3.80. The van der Waals surface area contributed by atoms with Gasteiger partial charge in [-0.15, -0.1) is 0 Å². The summed E-state index contributed by atoms with van der Waals surface area (Å²) in [5, 5.41) is 2.98. The predicted octanol–water partition coefficient (Wildman–Crippen LogP) is 1.86. The minimum atomic E-state index is -0.254. The van der Waals surface area contributed by atoms with Crippen LogP contribution in [0.15, 0.2) is 18.2 Å². The number of ketones is 1. The van der Waals surface area contributed by atoms with Crippen LogP contribution >= 0.6 is 0 Å². The van der Waals surface area contributed by atoms with Crippen LogP contribution in [0.3, 0.4) is 0 Å². The van der Waals surface area contributed by atoms with E-state index in [1.54, 1.807) is 6.07 Å². The molecule has 1 N–H and O–H groups in total. The molecule has 0 fully saturated rings. The summed E-state index contributed by atoms with van der Waals surface area (Å²) in [4.78, 5) is 11.5. The second-order valence-electron chi connectivity index (χ2n) is 3.57. The van der Waals surface area contributed by atoms with Crippen LogP contribution in [0.2, 0.25) is 0 Å². The molecule has 1 aromatic carbocycles. The van der Waals surface area contributed by atoms with E-state index >= 15 is 0 Å². The molecule has 0 aliphatic carbocycles. The van der Waals surface area contributed by atoms with Crippen molar-refractivity contribution in [1.82, 2.24) is 5.32 Å². The van der Waals surface area contributed by atoms with E-state index in [1.165, 1.54) is 12.1 Å². The maximum atomic E-state index is 12.8. The first-order valence-corrected chi connectivity index (χ1v) is 5.11. The van der Waals surface area contributed by atoms with Crippen molar-refractivity contribution in [1.29, 1.82) is 0 Å². The van der Waals surface area contributed by atoms with Gasteiger partial charge in [0.2, 0.25) is 0 Å². The standard InChI is InChI=1S/C12H16FNO/c1-3-14-8-12(15)7-10-4-5-11(13)6-9(10)2/h4-6,14H,3,7-8H2,1-2H3. The summed E-state index contributed by atoms with van der Waals surface area (Å²) in [6.07, 6.45) is 0.374. The molecule has 0 radical (unpaired) electrons. The van der Waals surface area contributed by atoms with Crippen molar-refractivity contribution in [3.63, 3.8) is 0 Å². The van der Waals surface area contributed by atoms with Crippen molar-refractivity contribution in [2.45, 2.75) is 20.3 Å². The number of likely N-dealkylation sites (N-methyl/N-ethyl adjacent to an activating group) is 1. The highest BCUT2D eigenvalue weighted by Gasteiger charge is 2.05. The third-order valence-corrected chi connectivity index (χ3v) is 2.26. The van der Waals surface area contributed by atoms with Crippen molar-refractivity contribution in [2.75, 3.05) is 13.1 Å². The van der Waals surface area contributed by atoms with Crippen molar-refractivity contribution in [2.24, 2.45) is 0 Å². The van der Waals surface area contributed by atoms with Gasteiger partial charge >= 0.3 is 0 Å². The average Bonchev–Trinajstić information content (AvgIpc) is 2.19. The number of aryl methyl sites for hydroxylation is 1. The van der Waals surface area contributed by atoms with Crippen LogP contribution in [0.1, 0.15) is 18.1 Å². The number of hydrogen-bond acceptors (Lipinski definition) is 2. The Balaban J connectivity index is 2.60. The van der Waals surface area contributed by atoms with E-state index in [0.29, 0.717) is 13.0 Å². The van der Waals surface area contributed by atoms with Gasteiger partial charge in [-0.3, -0.25) is 4.79 Å². The largest absolute Gasteiger partial charge is 0.310 e. The molecule has 0 aromatic heterocycles. The minimum Gasteiger partial charge on any atom is -0.310 e. The fourth-order valence-corrected chi connectivity index (χ4v) is 1.40. The molecule has 0 aliphatic heterocycles. The molecule has 82 valence electrons. The number of Topliss-reactive ketones (excluding diaryl/α,β-unsaturated/α-hetero) is 1. The molecule has 2 nitrogen and oxygen atoms in total. The number of rotatable bonds is 5. The van der Waals surface area contributed by atoms with E-state index in [0.717, 1.165) is 17.7 Å². The Morgan fingerprint density at radius 3 is 2.80 bits per heavy atom. The molecule has 0 aliphatic rings. The van der Waals surface area contributed by atoms with Crippen LogP contribution in [-0.2, 0) is 11.2 Å². The lowest BCUT2D eigenvalue weighted by molar-refractivity contribution is -0.117. The predicted molar refractivity (Wildman–Crippen MR) is 58.4 cm³/mol. The summed E-state index contributed by atoms with van der Waals surface area (Å²) < 4.78 is 12.8. The molecule has 0 saturated heterocycles. The zero-order chi connectivity index (χ0) is 11.3. The lowest BCUT2D eigenvalue weighted by Crippen LogP contribution is -2.23. The van der Waals surface area contributed by atoms with Crippen molar-refractivity contribution < 1.29 is 9.18 Å². The SMILES string of the molecule is CCNCC(=O)Cc1ccc(F)cc1C. The van der Waals surface area contributed by atoms with Gasteiger partial charge in [0.15, 0.2) is 5.78 Å². The molecule has 1 rings (SSSR count). The smallest absolute Gasteiger partial charge is 0.150 e. The van der Waals surface area contributed by atoms with Gasteiger partial charge in [-0.2, -0.15) is 0 Å². The summed E-state index contributed by atoms with van der Waals surface area (Å²) in [7, 11) is 0. The highest BCUT2D eigenvalue weighted by atomic mass is 19.1. The van der Waals surface area contributed by atoms with Crippen LogP contribution in [0, 0.1) is 12.7 Å². The molecule has 0 atom stereocenters. The molecular weight excluding hydrogens is 193 g/mol. The Kier molecular flexibility index (Phi) is 4.43. The van der Waals surface area contributed by atoms with Crippen LogP contribution in [0.25, 0.3) is 0 Å². The van der Waals surface area contributed by atoms with Gasteiger partial charge in [0.25, 0.3) is 0 Å². The first-order valence-electron chi connectivity index (χ1n) is 5.11. The van der Waals surface area contributed by atoms with Gasteiger partial charge in [-0.05, 0) is 36.7 Å². The maximum Gasteiger partial charge on any atom is 0.150 e. The van der Waals surface area contributed by atoms with E-state index in [2.05, 4.69) is 5.32 Å². The van der Waals surface area contributed by atoms with Crippen molar-refractivity contribution in [3.05, 3.63) is 35.1 Å². The second kappa shape index (κ2) is 5.61. The molecular formula is C12H16FNO. The van der Waals surface area contributed by atoms with Crippen LogP contribution in [0.4, 0.5) is 4.39 Å². The summed E-state index contributed by atoms with van der Waals surface area (Å²) in [6, 6.07) is 4.52. The van der Waals surface area contributed by atoms with E-state index in [1.807, 2.05) is 13.8 Å².